The number of amides is 2. The summed E-state index contributed by atoms with van der Waals surface area (Å²) in [5.74, 6) is 0. The van der Waals surface area contributed by atoms with Crippen molar-refractivity contribution in [3.8, 4) is 0 Å². The number of urea groups is 1. The molecule has 24 heavy (non-hydrogen) atoms. The summed E-state index contributed by atoms with van der Waals surface area (Å²) in [5.41, 5.74) is 2.74. The van der Waals surface area contributed by atoms with Crippen LogP contribution in [0.4, 0.5) is 10.5 Å². The van der Waals surface area contributed by atoms with Gasteiger partial charge in [0, 0.05) is 40.8 Å². The highest BCUT2D eigenvalue weighted by atomic mass is 32.2. The van der Waals surface area contributed by atoms with Gasteiger partial charge in [-0.15, -0.1) is 0 Å². The SMILES string of the molecule is CCOCc1ccc(NC(=O)NCc2ccc([S@@](C)=O)cc2)cc1. The number of hydrogen-bond acceptors (Lipinski definition) is 3. The van der Waals surface area contributed by atoms with Crippen LogP contribution < -0.4 is 10.6 Å². The van der Waals surface area contributed by atoms with Crippen LogP contribution in [0.15, 0.2) is 53.4 Å². The van der Waals surface area contributed by atoms with Crippen molar-refractivity contribution in [3.63, 3.8) is 0 Å². The zero-order valence-electron chi connectivity index (χ0n) is 13.9. The van der Waals surface area contributed by atoms with E-state index in [1.165, 1.54) is 0 Å². The van der Waals surface area contributed by atoms with Crippen molar-refractivity contribution in [2.45, 2.75) is 25.0 Å². The molecule has 0 spiro atoms. The molecule has 2 amide bonds. The van der Waals surface area contributed by atoms with Crippen LogP contribution in [0.25, 0.3) is 0 Å². The molecule has 5 nitrogen and oxygen atoms in total. The summed E-state index contributed by atoms with van der Waals surface area (Å²) in [5, 5.41) is 5.58. The molecule has 0 heterocycles. The average Bonchev–Trinajstić information content (AvgIpc) is 2.59. The molecule has 0 aliphatic heterocycles. The van der Waals surface area contributed by atoms with Gasteiger partial charge in [0.05, 0.1) is 6.61 Å². The molecule has 0 bridgehead atoms. The van der Waals surface area contributed by atoms with Gasteiger partial charge in [0.15, 0.2) is 0 Å². The van der Waals surface area contributed by atoms with Crippen LogP contribution in [0.5, 0.6) is 0 Å². The van der Waals surface area contributed by atoms with Gasteiger partial charge in [0.25, 0.3) is 0 Å². The number of carbonyl (C=O) groups excluding carboxylic acids is 1. The third kappa shape index (κ3) is 5.79. The predicted molar refractivity (Wildman–Crippen MR) is 96.4 cm³/mol. The first-order valence-corrected chi connectivity index (χ1v) is 9.28. The zero-order valence-corrected chi connectivity index (χ0v) is 14.7. The lowest BCUT2D eigenvalue weighted by molar-refractivity contribution is 0.134. The maximum atomic E-state index is 11.9. The lowest BCUT2D eigenvalue weighted by Gasteiger charge is -2.09. The molecule has 0 saturated heterocycles. The van der Waals surface area contributed by atoms with Gasteiger partial charge in [-0.2, -0.15) is 0 Å². The number of benzene rings is 2. The topological polar surface area (TPSA) is 67.4 Å². The van der Waals surface area contributed by atoms with Crippen LogP contribution in [0.1, 0.15) is 18.1 Å². The number of ether oxygens (including phenoxy) is 1. The standard InChI is InChI=1S/C18H22N2O3S/c1-3-23-13-15-4-8-16(9-5-15)20-18(21)19-12-14-6-10-17(11-7-14)24(2)22/h4-11H,3,12-13H2,1-2H3,(H2,19,20,21)/t24-/m1/s1. The molecule has 2 N–H and O–H groups in total. The summed E-state index contributed by atoms with van der Waals surface area (Å²) in [6.07, 6.45) is 1.64. The highest BCUT2D eigenvalue weighted by Gasteiger charge is 2.03. The van der Waals surface area contributed by atoms with Crippen molar-refractivity contribution >= 4 is 22.5 Å². The number of anilines is 1. The maximum absolute atomic E-state index is 11.9. The van der Waals surface area contributed by atoms with E-state index in [2.05, 4.69) is 10.6 Å². The first-order chi connectivity index (χ1) is 11.6. The van der Waals surface area contributed by atoms with Gasteiger partial charge >= 0.3 is 6.03 Å². The molecule has 0 aromatic heterocycles. The Morgan fingerprint density at radius 3 is 2.25 bits per heavy atom. The monoisotopic (exact) mass is 346 g/mol. The first-order valence-electron chi connectivity index (χ1n) is 7.72. The third-order valence-electron chi connectivity index (χ3n) is 3.39. The quantitative estimate of drug-likeness (QED) is 0.808. The molecule has 1 atom stereocenters. The van der Waals surface area contributed by atoms with Gasteiger partial charge in [0.2, 0.25) is 0 Å². The molecule has 2 rings (SSSR count). The van der Waals surface area contributed by atoms with Crippen LogP contribution in [0.2, 0.25) is 0 Å². The van der Waals surface area contributed by atoms with E-state index in [9.17, 15) is 9.00 Å². The second-order valence-electron chi connectivity index (χ2n) is 5.24. The molecule has 0 unspecified atom stereocenters. The fourth-order valence-electron chi connectivity index (χ4n) is 2.06. The minimum Gasteiger partial charge on any atom is -0.377 e. The highest BCUT2D eigenvalue weighted by molar-refractivity contribution is 7.84. The van der Waals surface area contributed by atoms with Gasteiger partial charge < -0.3 is 15.4 Å². The van der Waals surface area contributed by atoms with Crippen LogP contribution in [0, 0.1) is 0 Å². The Bertz CT molecular complexity index is 684. The van der Waals surface area contributed by atoms with E-state index in [0.29, 0.717) is 19.8 Å². The molecule has 0 saturated carbocycles. The normalized spacial score (nSPS) is 11.8. The third-order valence-corrected chi connectivity index (χ3v) is 4.33. The summed E-state index contributed by atoms with van der Waals surface area (Å²) in [6.45, 7) is 3.61. The van der Waals surface area contributed by atoms with Crippen molar-refractivity contribution in [3.05, 3.63) is 59.7 Å². The summed E-state index contributed by atoms with van der Waals surface area (Å²) < 4.78 is 16.7. The Morgan fingerprint density at radius 1 is 1.04 bits per heavy atom. The smallest absolute Gasteiger partial charge is 0.319 e. The van der Waals surface area contributed by atoms with Gasteiger partial charge in [-0.25, -0.2) is 4.79 Å². The number of hydrogen-bond donors (Lipinski definition) is 2. The van der Waals surface area contributed by atoms with E-state index in [-0.39, 0.29) is 6.03 Å². The second-order valence-corrected chi connectivity index (χ2v) is 6.62. The van der Waals surface area contributed by atoms with Crippen molar-refractivity contribution in [2.24, 2.45) is 0 Å². The molecule has 0 radical (unpaired) electrons. The summed E-state index contributed by atoms with van der Waals surface area (Å²) in [4.78, 5) is 12.7. The molecule has 0 fully saturated rings. The Balaban J connectivity index is 1.81. The Morgan fingerprint density at radius 2 is 1.67 bits per heavy atom. The Labute approximate surface area is 144 Å². The highest BCUT2D eigenvalue weighted by Crippen LogP contribution is 2.11. The summed E-state index contributed by atoms with van der Waals surface area (Å²) in [6, 6.07) is 14.6. The van der Waals surface area contributed by atoms with Crippen LogP contribution in [-0.2, 0) is 28.7 Å². The minimum atomic E-state index is -0.990. The van der Waals surface area contributed by atoms with Crippen LogP contribution >= 0.6 is 0 Å². The van der Waals surface area contributed by atoms with E-state index in [1.54, 1.807) is 6.26 Å². The molecule has 0 aliphatic carbocycles. The molecular weight excluding hydrogens is 324 g/mol. The van der Waals surface area contributed by atoms with E-state index in [1.807, 2.05) is 55.5 Å². The van der Waals surface area contributed by atoms with Gasteiger partial charge in [0.1, 0.15) is 0 Å². The summed E-state index contributed by atoms with van der Waals surface area (Å²) in [7, 11) is -0.990. The van der Waals surface area contributed by atoms with E-state index in [4.69, 9.17) is 4.74 Å². The predicted octanol–water partition coefficient (Wildman–Crippen LogP) is 3.28. The molecule has 2 aromatic carbocycles. The molecule has 0 aliphatic rings. The van der Waals surface area contributed by atoms with Gasteiger partial charge in [-0.1, -0.05) is 24.3 Å². The molecule has 128 valence electrons. The minimum absolute atomic E-state index is 0.268. The first kappa shape index (κ1) is 18.2. The molecule has 6 heteroatoms. The largest absolute Gasteiger partial charge is 0.377 e. The lowest BCUT2D eigenvalue weighted by Crippen LogP contribution is -2.28. The van der Waals surface area contributed by atoms with Gasteiger partial charge in [-0.3, -0.25) is 4.21 Å². The fraction of sp³-hybridized carbons (Fsp3) is 0.278. The van der Waals surface area contributed by atoms with Gasteiger partial charge in [-0.05, 0) is 42.3 Å². The fourth-order valence-corrected chi connectivity index (χ4v) is 2.58. The number of nitrogens with one attached hydrogen (secondary N) is 2. The number of rotatable bonds is 7. The van der Waals surface area contributed by atoms with Crippen molar-refractivity contribution in [1.29, 1.82) is 0 Å². The molecule has 2 aromatic rings. The zero-order chi connectivity index (χ0) is 17.4. The summed E-state index contributed by atoms with van der Waals surface area (Å²) >= 11 is 0. The van der Waals surface area contributed by atoms with E-state index >= 15 is 0 Å². The Kier molecular flexibility index (Phi) is 6.96. The molecular formula is C18H22N2O3S. The second kappa shape index (κ2) is 9.20. The van der Waals surface area contributed by atoms with E-state index < -0.39 is 10.8 Å². The number of carbonyl (C=O) groups is 1. The lowest BCUT2D eigenvalue weighted by atomic mass is 10.2. The van der Waals surface area contributed by atoms with Crippen molar-refractivity contribution < 1.29 is 13.7 Å². The Hall–Kier alpha value is -2.18. The van der Waals surface area contributed by atoms with Crippen molar-refractivity contribution in [2.75, 3.05) is 18.2 Å². The van der Waals surface area contributed by atoms with Crippen LogP contribution in [0.3, 0.4) is 0 Å². The van der Waals surface area contributed by atoms with Crippen LogP contribution in [-0.4, -0.2) is 23.1 Å². The van der Waals surface area contributed by atoms with E-state index in [0.717, 1.165) is 21.7 Å². The maximum Gasteiger partial charge on any atom is 0.319 e. The average molecular weight is 346 g/mol. The van der Waals surface area contributed by atoms with Crippen molar-refractivity contribution in [1.82, 2.24) is 5.32 Å².